The van der Waals surface area contributed by atoms with Crippen LogP contribution in [0.25, 0.3) is 0 Å². The summed E-state index contributed by atoms with van der Waals surface area (Å²) in [6.07, 6.45) is 0.843. The Bertz CT molecular complexity index is 434. The Morgan fingerprint density at radius 3 is 2.57 bits per heavy atom. The van der Waals surface area contributed by atoms with Crippen molar-refractivity contribution in [3.63, 3.8) is 0 Å². The van der Waals surface area contributed by atoms with Gasteiger partial charge in [-0.1, -0.05) is 12.1 Å². The number of aromatic carboxylic acids is 1. The number of hydrogen-bond acceptors (Lipinski definition) is 4. The summed E-state index contributed by atoms with van der Waals surface area (Å²) in [6, 6.07) is 7.17. The minimum Gasteiger partial charge on any atom is -0.493 e. The van der Waals surface area contributed by atoms with E-state index in [4.69, 9.17) is 14.6 Å². The molecular formula is C16H25NO4. The van der Waals surface area contributed by atoms with Crippen LogP contribution >= 0.6 is 0 Å². The highest BCUT2D eigenvalue weighted by Crippen LogP contribution is 2.17. The molecule has 0 amide bonds. The Labute approximate surface area is 126 Å². The number of carboxylic acids is 1. The summed E-state index contributed by atoms with van der Waals surface area (Å²) in [5, 5.41) is 9.08. The van der Waals surface area contributed by atoms with Gasteiger partial charge in [0, 0.05) is 26.2 Å². The smallest absolute Gasteiger partial charge is 0.339 e. The van der Waals surface area contributed by atoms with Crippen molar-refractivity contribution in [2.24, 2.45) is 0 Å². The standard InChI is InChI=1S/C16H25NO4/c1-13(2)17(10-12-20-3)9-6-11-21-15-8-5-4-7-14(15)16(18)19/h4-5,7-8,13H,6,9-12H2,1-3H3,(H,18,19). The summed E-state index contributed by atoms with van der Waals surface area (Å²) >= 11 is 0. The molecule has 0 aliphatic heterocycles. The van der Waals surface area contributed by atoms with Gasteiger partial charge in [0.15, 0.2) is 0 Å². The summed E-state index contributed by atoms with van der Waals surface area (Å²) < 4.78 is 10.7. The summed E-state index contributed by atoms with van der Waals surface area (Å²) in [5.74, 6) is -0.535. The van der Waals surface area contributed by atoms with Gasteiger partial charge in [-0.15, -0.1) is 0 Å². The number of para-hydroxylation sites is 1. The first-order valence-electron chi connectivity index (χ1n) is 7.24. The maximum Gasteiger partial charge on any atom is 0.339 e. The number of carboxylic acid groups (broad SMARTS) is 1. The second-order valence-corrected chi connectivity index (χ2v) is 5.13. The zero-order valence-electron chi connectivity index (χ0n) is 13.0. The largest absolute Gasteiger partial charge is 0.493 e. The Morgan fingerprint density at radius 2 is 1.95 bits per heavy atom. The second kappa shape index (κ2) is 9.37. The number of ether oxygens (including phenoxy) is 2. The van der Waals surface area contributed by atoms with Crippen LogP contribution < -0.4 is 4.74 Å². The van der Waals surface area contributed by atoms with E-state index >= 15 is 0 Å². The summed E-state index contributed by atoms with van der Waals surface area (Å²) in [4.78, 5) is 13.4. The Morgan fingerprint density at radius 1 is 1.24 bits per heavy atom. The molecule has 0 bridgehead atoms. The van der Waals surface area contributed by atoms with Crippen LogP contribution in [0.5, 0.6) is 5.75 Å². The molecule has 21 heavy (non-hydrogen) atoms. The highest BCUT2D eigenvalue weighted by molar-refractivity contribution is 5.90. The van der Waals surface area contributed by atoms with Crippen molar-refractivity contribution >= 4 is 5.97 Å². The maximum atomic E-state index is 11.1. The Balaban J connectivity index is 2.41. The quantitative estimate of drug-likeness (QED) is 0.672. The third-order valence-electron chi connectivity index (χ3n) is 3.28. The average Bonchev–Trinajstić information content (AvgIpc) is 2.46. The van der Waals surface area contributed by atoms with E-state index in [0.29, 0.717) is 25.0 Å². The zero-order valence-corrected chi connectivity index (χ0v) is 13.0. The van der Waals surface area contributed by atoms with Gasteiger partial charge in [-0.3, -0.25) is 4.90 Å². The number of hydrogen-bond donors (Lipinski definition) is 1. The first kappa shape index (κ1) is 17.5. The van der Waals surface area contributed by atoms with Gasteiger partial charge in [0.1, 0.15) is 11.3 Å². The van der Waals surface area contributed by atoms with Crippen molar-refractivity contribution < 1.29 is 19.4 Å². The summed E-state index contributed by atoms with van der Waals surface area (Å²) in [6.45, 7) is 7.30. The van der Waals surface area contributed by atoms with Crippen molar-refractivity contribution in [3.05, 3.63) is 29.8 Å². The molecule has 0 unspecified atom stereocenters. The molecule has 1 aromatic carbocycles. The van der Waals surface area contributed by atoms with Crippen LogP contribution in [0.4, 0.5) is 0 Å². The van der Waals surface area contributed by atoms with Gasteiger partial charge in [0.2, 0.25) is 0 Å². The molecule has 5 heteroatoms. The van der Waals surface area contributed by atoms with Gasteiger partial charge in [0.25, 0.3) is 0 Å². The van der Waals surface area contributed by atoms with E-state index in [1.54, 1.807) is 31.4 Å². The number of benzene rings is 1. The lowest BCUT2D eigenvalue weighted by atomic mass is 10.2. The lowest BCUT2D eigenvalue weighted by molar-refractivity contribution is 0.0691. The van der Waals surface area contributed by atoms with Crippen LogP contribution in [0.15, 0.2) is 24.3 Å². The number of rotatable bonds is 10. The van der Waals surface area contributed by atoms with Gasteiger partial charge in [-0.05, 0) is 32.4 Å². The minimum atomic E-state index is -0.963. The average molecular weight is 295 g/mol. The molecule has 5 nitrogen and oxygen atoms in total. The fourth-order valence-electron chi connectivity index (χ4n) is 2.06. The van der Waals surface area contributed by atoms with E-state index in [2.05, 4.69) is 18.7 Å². The Kier molecular flexibility index (Phi) is 7.79. The van der Waals surface area contributed by atoms with Crippen LogP contribution in [0.2, 0.25) is 0 Å². The predicted molar refractivity (Wildman–Crippen MR) is 82.1 cm³/mol. The maximum absolute atomic E-state index is 11.1. The first-order valence-corrected chi connectivity index (χ1v) is 7.24. The van der Waals surface area contributed by atoms with Crippen molar-refractivity contribution in [2.45, 2.75) is 26.3 Å². The molecule has 0 aromatic heterocycles. The van der Waals surface area contributed by atoms with Gasteiger partial charge in [-0.25, -0.2) is 4.79 Å². The van der Waals surface area contributed by atoms with Gasteiger partial charge in [0.05, 0.1) is 13.2 Å². The van der Waals surface area contributed by atoms with E-state index < -0.39 is 5.97 Å². The highest BCUT2D eigenvalue weighted by Gasteiger charge is 2.11. The third-order valence-corrected chi connectivity index (χ3v) is 3.28. The molecule has 0 radical (unpaired) electrons. The number of nitrogens with zero attached hydrogens (tertiary/aromatic N) is 1. The lowest BCUT2D eigenvalue weighted by Gasteiger charge is -2.26. The third kappa shape index (κ3) is 6.14. The van der Waals surface area contributed by atoms with Crippen LogP contribution in [0, 0.1) is 0 Å². The van der Waals surface area contributed by atoms with Crippen LogP contribution in [0.3, 0.4) is 0 Å². The monoisotopic (exact) mass is 295 g/mol. The zero-order chi connectivity index (χ0) is 15.7. The first-order chi connectivity index (χ1) is 10.1. The van der Waals surface area contributed by atoms with E-state index in [1.807, 2.05) is 0 Å². The molecule has 118 valence electrons. The number of methoxy groups -OCH3 is 1. The molecule has 0 atom stereocenters. The van der Waals surface area contributed by atoms with Gasteiger partial charge < -0.3 is 14.6 Å². The molecule has 1 N–H and O–H groups in total. The van der Waals surface area contributed by atoms with E-state index in [0.717, 1.165) is 19.5 Å². The second-order valence-electron chi connectivity index (χ2n) is 5.13. The molecular weight excluding hydrogens is 270 g/mol. The molecule has 0 aliphatic rings. The predicted octanol–water partition coefficient (Wildman–Crippen LogP) is 2.51. The number of carbonyl (C=O) groups is 1. The van der Waals surface area contributed by atoms with Crippen LogP contribution in [-0.4, -0.2) is 55.4 Å². The molecule has 1 aromatic rings. The topological polar surface area (TPSA) is 59.0 Å². The Hall–Kier alpha value is -1.59. The molecule has 0 saturated heterocycles. The van der Waals surface area contributed by atoms with E-state index in [-0.39, 0.29) is 5.56 Å². The van der Waals surface area contributed by atoms with Crippen LogP contribution in [0.1, 0.15) is 30.6 Å². The molecule has 0 fully saturated rings. The minimum absolute atomic E-state index is 0.206. The molecule has 0 heterocycles. The van der Waals surface area contributed by atoms with Gasteiger partial charge >= 0.3 is 5.97 Å². The normalized spacial score (nSPS) is 11.1. The molecule has 0 aliphatic carbocycles. The van der Waals surface area contributed by atoms with Crippen LogP contribution in [-0.2, 0) is 4.74 Å². The SMILES string of the molecule is COCCN(CCCOc1ccccc1C(=O)O)C(C)C. The summed E-state index contributed by atoms with van der Waals surface area (Å²) in [7, 11) is 1.70. The van der Waals surface area contributed by atoms with Crippen molar-refractivity contribution in [1.29, 1.82) is 0 Å². The fourth-order valence-corrected chi connectivity index (χ4v) is 2.06. The van der Waals surface area contributed by atoms with Crippen molar-refractivity contribution in [3.8, 4) is 5.75 Å². The molecule has 1 rings (SSSR count). The molecule has 0 spiro atoms. The van der Waals surface area contributed by atoms with Gasteiger partial charge in [-0.2, -0.15) is 0 Å². The van der Waals surface area contributed by atoms with Crippen molar-refractivity contribution in [1.82, 2.24) is 4.90 Å². The molecule has 0 saturated carbocycles. The highest BCUT2D eigenvalue weighted by atomic mass is 16.5. The van der Waals surface area contributed by atoms with E-state index in [9.17, 15) is 4.79 Å². The van der Waals surface area contributed by atoms with Crippen molar-refractivity contribution in [2.75, 3.05) is 33.4 Å². The summed E-state index contributed by atoms with van der Waals surface area (Å²) in [5.41, 5.74) is 0.206. The fraction of sp³-hybridized carbons (Fsp3) is 0.562. The van der Waals surface area contributed by atoms with E-state index in [1.165, 1.54) is 0 Å². The lowest BCUT2D eigenvalue weighted by Crippen LogP contribution is -2.35.